The summed E-state index contributed by atoms with van der Waals surface area (Å²) in [6.45, 7) is 5.74. The molecule has 1 aromatic carbocycles. The number of halogens is 2. The Morgan fingerprint density at radius 3 is 2.71 bits per heavy atom. The predicted molar refractivity (Wildman–Crippen MR) is 117 cm³/mol. The third-order valence-electron chi connectivity index (χ3n) is 6.22. The molecule has 2 fully saturated rings. The summed E-state index contributed by atoms with van der Waals surface area (Å²) in [5.41, 5.74) is 3.57. The summed E-state index contributed by atoms with van der Waals surface area (Å²) in [6.07, 6.45) is 3.32. The average Bonchev–Trinajstić information content (AvgIpc) is 3.10. The Balaban J connectivity index is 0.00000140. The number of likely N-dealkylation sites (N-methyl/N-ethyl adjacent to an activating group) is 1. The van der Waals surface area contributed by atoms with Crippen LogP contribution < -0.4 is 10.6 Å². The summed E-state index contributed by atoms with van der Waals surface area (Å²) in [5.74, 6) is 0.134. The number of carbonyl (C=O) groups is 1. The molecule has 28 heavy (non-hydrogen) atoms. The number of amides is 1. The summed E-state index contributed by atoms with van der Waals surface area (Å²) in [6, 6.07) is 6.31. The van der Waals surface area contributed by atoms with Gasteiger partial charge in [0.25, 0.3) is 0 Å². The summed E-state index contributed by atoms with van der Waals surface area (Å²) < 4.78 is 1.89. The Morgan fingerprint density at radius 1 is 1.29 bits per heavy atom. The van der Waals surface area contributed by atoms with E-state index in [0.29, 0.717) is 12.0 Å². The molecule has 1 unspecified atom stereocenters. The fourth-order valence-electron chi connectivity index (χ4n) is 4.75. The molecule has 2 aromatic rings. The van der Waals surface area contributed by atoms with Crippen molar-refractivity contribution in [2.45, 2.75) is 38.8 Å². The van der Waals surface area contributed by atoms with Gasteiger partial charge in [-0.1, -0.05) is 11.6 Å². The van der Waals surface area contributed by atoms with Gasteiger partial charge < -0.3 is 10.6 Å². The molecule has 156 valence electrons. The quantitative estimate of drug-likeness (QED) is 0.789. The molecule has 0 saturated carbocycles. The van der Waals surface area contributed by atoms with Gasteiger partial charge in [-0.05, 0) is 63.9 Å². The van der Waals surface area contributed by atoms with Crippen molar-refractivity contribution < 1.29 is 4.79 Å². The number of rotatable bonds is 3. The van der Waals surface area contributed by atoms with Crippen LogP contribution in [0.1, 0.15) is 30.5 Å². The largest absolute Gasteiger partial charge is 0.349 e. The molecule has 0 aliphatic carbocycles. The number of likely N-dealkylation sites (tertiary alicyclic amines) is 1. The fourth-order valence-corrected chi connectivity index (χ4v) is 4.75. The summed E-state index contributed by atoms with van der Waals surface area (Å²) in [4.78, 5) is 15.1. The maximum absolute atomic E-state index is 12.9. The van der Waals surface area contributed by atoms with E-state index in [1.165, 1.54) is 18.4 Å². The van der Waals surface area contributed by atoms with Crippen LogP contribution in [-0.2, 0) is 18.4 Å². The van der Waals surface area contributed by atoms with Gasteiger partial charge in [-0.2, -0.15) is 5.10 Å². The van der Waals surface area contributed by atoms with E-state index >= 15 is 0 Å². The van der Waals surface area contributed by atoms with Gasteiger partial charge in [-0.25, -0.2) is 0 Å². The van der Waals surface area contributed by atoms with Crippen LogP contribution in [0.2, 0.25) is 0 Å². The van der Waals surface area contributed by atoms with Crippen molar-refractivity contribution in [3.63, 3.8) is 0 Å². The maximum atomic E-state index is 12.9. The number of piperidine rings is 1. The van der Waals surface area contributed by atoms with E-state index < -0.39 is 0 Å². The molecule has 8 heteroatoms. The van der Waals surface area contributed by atoms with Gasteiger partial charge >= 0.3 is 0 Å². The first kappa shape index (κ1) is 22.9. The lowest BCUT2D eigenvalue weighted by Crippen LogP contribution is -2.41. The first-order chi connectivity index (χ1) is 12.5. The minimum absolute atomic E-state index is 0. The van der Waals surface area contributed by atoms with E-state index in [9.17, 15) is 4.79 Å². The molecule has 1 spiro atoms. The number of fused-ring (bicyclic) bond motifs is 1. The second-order valence-corrected chi connectivity index (χ2v) is 8.19. The Hall–Kier alpha value is -1.34. The molecule has 3 heterocycles. The van der Waals surface area contributed by atoms with Gasteiger partial charge in [0.15, 0.2) is 0 Å². The molecule has 2 N–H and O–H groups in total. The number of hydrogen-bond donors (Lipinski definition) is 2. The van der Waals surface area contributed by atoms with Gasteiger partial charge in [0.1, 0.15) is 0 Å². The number of nitrogens with one attached hydrogen (secondary N) is 2. The summed E-state index contributed by atoms with van der Waals surface area (Å²) >= 11 is 0. The highest BCUT2D eigenvalue weighted by Gasteiger charge is 2.45. The zero-order valence-electron chi connectivity index (χ0n) is 16.8. The highest BCUT2D eigenvalue weighted by molar-refractivity contribution is 5.86. The van der Waals surface area contributed by atoms with E-state index in [0.717, 1.165) is 42.7 Å². The van der Waals surface area contributed by atoms with Crippen LogP contribution in [0.3, 0.4) is 0 Å². The fraction of sp³-hybridized carbons (Fsp3) is 0.600. The van der Waals surface area contributed by atoms with E-state index in [1.54, 1.807) is 0 Å². The van der Waals surface area contributed by atoms with Gasteiger partial charge in [-0.3, -0.25) is 14.4 Å². The van der Waals surface area contributed by atoms with Crippen LogP contribution in [0.25, 0.3) is 10.9 Å². The first-order valence-corrected chi connectivity index (χ1v) is 9.58. The second kappa shape index (κ2) is 8.99. The van der Waals surface area contributed by atoms with Crippen LogP contribution in [0.4, 0.5) is 0 Å². The standard InChI is InChI=1S/C20H29N5O.2ClH/c1-14-4-5-17-15(10-14)16(23-25(17)3)12-22-19(26)18-11-20(13-24(18)2)6-8-21-9-7-20;;/h4-5,10,18,21H,6-9,11-13H2,1-3H3,(H,22,26);2*1H. The molecule has 1 atom stereocenters. The Labute approximate surface area is 179 Å². The number of carbonyl (C=O) groups excluding carboxylic acids is 1. The number of nitrogens with zero attached hydrogens (tertiary/aromatic N) is 3. The molecule has 2 aliphatic rings. The monoisotopic (exact) mass is 427 g/mol. The van der Waals surface area contributed by atoms with E-state index in [-0.39, 0.29) is 36.8 Å². The molecule has 2 aliphatic heterocycles. The highest BCUT2D eigenvalue weighted by atomic mass is 35.5. The van der Waals surface area contributed by atoms with E-state index in [2.05, 4.69) is 52.8 Å². The molecule has 2 saturated heterocycles. The summed E-state index contributed by atoms with van der Waals surface area (Å²) in [5, 5.41) is 12.3. The van der Waals surface area contributed by atoms with Crippen molar-refractivity contribution in [1.29, 1.82) is 0 Å². The molecule has 0 radical (unpaired) electrons. The van der Waals surface area contributed by atoms with Gasteiger partial charge in [0.2, 0.25) is 5.91 Å². The third kappa shape index (κ3) is 4.30. The number of aryl methyl sites for hydroxylation is 2. The van der Waals surface area contributed by atoms with Gasteiger partial charge in [0.05, 0.1) is 23.8 Å². The Bertz CT molecular complexity index is 831. The minimum atomic E-state index is -0.0233. The number of benzene rings is 1. The lowest BCUT2D eigenvalue weighted by atomic mass is 9.77. The third-order valence-corrected chi connectivity index (χ3v) is 6.22. The highest BCUT2D eigenvalue weighted by Crippen LogP contribution is 2.41. The van der Waals surface area contributed by atoms with E-state index in [4.69, 9.17) is 0 Å². The first-order valence-electron chi connectivity index (χ1n) is 9.58. The van der Waals surface area contributed by atoms with Crippen molar-refractivity contribution in [2.24, 2.45) is 12.5 Å². The minimum Gasteiger partial charge on any atom is -0.349 e. The van der Waals surface area contributed by atoms with Crippen LogP contribution >= 0.6 is 24.8 Å². The zero-order chi connectivity index (χ0) is 18.3. The van der Waals surface area contributed by atoms with Crippen molar-refractivity contribution >= 4 is 41.6 Å². The molecule has 6 nitrogen and oxygen atoms in total. The molecule has 1 aromatic heterocycles. The van der Waals surface area contributed by atoms with Crippen molar-refractivity contribution in [2.75, 3.05) is 26.7 Å². The van der Waals surface area contributed by atoms with E-state index in [1.807, 2.05) is 11.7 Å². The Kier molecular flexibility index (Phi) is 7.37. The number of aromatic nitrogens is 2. The molecule has 1 amide bonds. The van der Waals surface area contributed by atoms with Crippen LogP contribution in [0.15, 0.2) is 18.2 Å². The SMILES string of the molecule is Cc1ccc2c(c1)c(CNC(=O)C1CC3(CCNCC3)CN1C)nn2C.Cl.Cl. The smallest absolute Gasteiger partial charge is 0.237 e. The molecular weight excluding hydrogens is 397 g/mol. The van der Waals surface area contributed by atoms with Crippen LogP contribution in [0.5, 0.6) is 0 Å². The lowest BCUT2D eigenvalue weighted by Gasteiger charge is -2.33. The second-order valence-electron chi connectivity index (χ2n) is 8.19. The van der Waals surface area contributed by atoms with Crippen LogP contribution in [-0.4, -0.2) is 53.3 Å². The maximum Gasteiger partial charge on any atom is 0.237 e. The van der Waals surface area contributed by atoms with Crippen LogP contribution in [0, 0.1) is 12.3 Å². The lowest BCUT2D eigenvalue weighted by molar-refractivity contribution is -0.125. The van der Waals surface area contributed by atoms with Crippen molar-refractivity contribution in [3.05, 3.63) is 29.5 Å². The number of hydrogen-bond acceptors (Lipinski definition) is 4. The predicted octanol–water partition coefficient (Wildman–Crippen LogP) is 2.42. The van der Waals surface area contributed by atoms with Gasteiger partial charge in [-0.15, -0.1) is 24.8 Å². The molecular formula is C20H31Cl2N5O. The normalized spacial score (nSPS) is 21.3. The topological polar surface area (TPSA) is 62.2 Å². The molecule has 4 rings (SSSR count). The summed E-state index contributed by atoms with van der Waals surface area (Å²) in [7, 11) is 4.04. The Morgan fingerprint density at radius 2 is 2.00 bits per heavy atom. The zero-order valence-corrected chi connectivity index (χ0v) is 18.5. The van der Waals surface area contributed by atoms with Crippen molar-refractivity contribution in [3.8, 4) is 0 Å². The average molecular weight is 428 g/mol. The van der Waals surface area contributed by atoms with Crippen molar-refractivity contribution in [1.82, 2.24) is 25.3 Å². The van der Waals surface area contributed by atoms with Gasteiger partial charge in [0, 0.05) is 19.0 Å². The molecule has 0 bridgehead atoms.